The first kappa shape index (κ1) is 20.7. The Morgan fingerprint density at radius 3 is 2.45 bits per heavy atom. The highest BCUT2D eigenvalue weighted by atomic mass is 79.9. The van der Waals surface area contributed by atoms with Gasteiger partial charge < -0.3 is 18.6 Å². The topological polar surface area (TPSA) is 75.0 Å². The summed E-state index contributed by atoms with van der Waals surface area (Å²) in [6, 6.07) is 18.9. The van der Waals surface area contributed by atoms with Crippen molar-refractivity contribution in [2.75, 3.05) is 7.11 Å². The summed E-state index contributed by atoms with van der Waals surface area (Å²) in [4.78, 5) is 25.0. The van der Waals surface area contributed by atoms with E-state index in [0.717, 1.165) is 5.56 Å². The van der Waals surface area contributed by atoms with Crippen LogP contribution in [-0.2, 0) is 11.2 Å². The van der Waals surface area contributed by atoms with Crippen LogP contribution in [0.2, 0.25) is 0 Å². The predicted molar refractivity (Wildman–Crippen MR) is 119 cm³/mol. The summed E-state index contributed by atoms with van der Waals surface area (Å²) >= 11 is 3.38. The van der Waals surface area contributed by atoms with Gasteiger partial charge in [0.25, 0.3) is 0 Å². The fourth-order valence-corrected chi connectivity index (χ4v) is 3.31. The molecule has 0 bridgehead atoms. The third-order valence-corrected chi connectivity index (χ3v) is 5.17. The van der Waals surface area contributed by atoms with Gasteiger partial charge in [0.15, 0.2) is 0 Å². The molecule has 4 aromatic rings. The molecule has 1 heterocycles. The Bertz CT molecular complexity index is 1290. The second-order valence-corrected chi connectivity index (χ2v) is 7.47. The second kappa shape index (κ2) is 9.06. The normalized spacial score (nSPS) is 10.6. The number of carbonyl (C=O) groups is 1. The van der Waals surface area contributed by atoms with Crippen molar-refractivity contribution in [3.05, 3.63) is 93.3 Å². The molecule has 0 atom stereocenters. The number of para-hydroxylation sites is 1. The molecule has 0 unspecified atom stereocenters. The smallest absolute Gasteiger partial charge is 0.315 e. The molecule has 4 rings (SSSR count). The molecule has 0 aliphatic carbocycles. The lowest BCUT2D eigenvalue weighted by molar-refractivity contribution is -0.133. The molecule has 0 saturated carbocycles. The van der Waals surface area contributed by atoms with Gasteiger partial charge in [-0.05, 0) is 57.9 Å². The van der Waals surface area contributed by atoms with Gasteiger partial charge in [-0.2, -0.15) is 0 Å². The van der Waals surface area contributed by atoms with E-state index >= 15 is 0 Å². The van der Waals surface area contributed by atoms with Crippen LogP contribution in [0.4, 0.5) is 0 Å². The summed E-state index contributed by atoms with van der Waals surface area (Å²) in [6.07, 6.45) is 1.35. The van der Waals surface area contributed by atoms with Gasteiger partial charge in [0.2, 0.25) is 11.2 Å². The van der Waals surface area contributed by atoms with Crippen LogP contribution in [0.25, 0.3) is 11.0 Å². The van der Waals surface area contributed by atoms with Gasteiger partial charge in [0.05, 0.1) is 23.4 Å². The Hall–Kier alpha value is -3.58. The highest BCUT2D eigenvalue weighted by molar-refractivity contribution is 9.10. The van der Waals surface area contributed by atoms with Crippen molar-refractivity contribution in [2.45, 2.75) is 6.42 Å². The number of hydrogen-bond acceptors (Lipinski definition) is 6. The molecular formula is C24H17BrO6. The van der Waals surface area contributed by atoms with Gasteiger partial charge in [0.1, 0.15) is 29.1 Å². The molecule has 0 amide bonds. The van der Waals surface area contributed by atoms with E-state index in [1.807, 2.05) is 12.1 Å². The van der Waals surface area contributed by atoms with Crippen LogP contribution in [0.5, 0.6) is 23.0 Å². The quantitative estimate of drug-likeness (QED) is 0.267. The third kappa shape index (κ3) is 4.78. The van der Waals surface area contributed by atoms with Crippen molar-refractivity contribution in [2.24, 2.45) is 0 Å². The monoisotopic (exact) mass is 480 g/mol. The van der Waals surface area contributed by atoms with Crippen LogP contribution >= 0.6 is 15.9 Å². The van der Waals surface area contributed by atoms with E-state index in [-0.39, 0.29) is 23.3 Å². The standard InChI is InChI=1S/C24H17BrO6/c1-28-16-8-6-15(7-9-16)12-23(26)30-17-10-11-18-21(13-17)29-14-22(24(18)27)31-20-5-3-2-4-19(20)25/h2-11,13-14H,12H2,1H3. The van der Waals surface area contributed by atoms with Gasteiger partial charge in [0, 0.05) is 6.07 Å². The largest absolute Gasteiger partial charge is 0.497 e. The Labute approximate surface area is 186 Å². The highest BCUT2D eigenvalue weighted by Crippen LogP contribution is 2.29. The maximum Gasteiger partial charge on any atom is 0.315 e. The van der Waals surface area contributed by atoms with E-state index in [4.69, 9.17) is 18.6 Å². The summed E-state index contributed by atoms with van der Waals surface area (Å²) in [5.41, 5.74) is 0.763. The fraction of sp³-hybridized carbons (Fsp3) is 0.0833. The number of rotatable bonds is 6. The lowest BCUT2D eigenvalue weighted by atomic mass is 10.1. The molecule has 6 nitrogen and oxygen atoms in total. The van der Waals surface area contributed by atoms with Crippen molar-refractivity contribution in [3.8, 4) is 23.0 Å². The Morgan fingerprint density at radius 1 is 0.968 bits per heavy atom. The van der Waals surface area contributed by atoms with Crippen molar-refractivity contribution >= 4 is 32.9 Å². The van der Waals surface area contributed by atoms with E-state index in [2.05, 4.69) is 15.9 Å². The zero-order chi connectivity index (χ0) is 21.8. The highest BCUT2D eigenvalue weighted by Gasteiger charge is 2.13. The summed E-state index contributed by atoms with van der Waals surface area (Å²) in [6.45, 7) is 0. The van der Waals surface area contributed by atoms with E-state index in [1.165, 1.54) is 12.3 Å². The number of halogens is 1. The summed E-state index contributed by atoms with van der Waals surface area (Å²) < 4.78 is 22.4. The molecule has 0 N–H and O–H groups in total. The van der Waals surface area contributed by atoms with Gasteiger partial charge >= 0.3 is 5.97 Å². The van der Waals surface area contributed by atoms with Gasteiger partial charge in [-0.3, -0.25) is 9.59 Å². The summed E-state index contributed by atoms with van der Waals surface area (Å²) in [5.74, 6) is 1.13. The van der Waals surface area contributed by atoms with E-state index in [0.29, 0.717) is 26.9 Å². The average molecular weight is 481 g/mol. The van der Waals surface area contributed by atoms with Crippen LogP contribution < -0.4 is 19.6 Å². The SMILES string of the molecule is COc1ccc(CC(=O)Oc2ccc3c(=O)c(Oc4ccccc4Br)coc3c2)cc1. The maximum absolute atomic E-state index is 12.8. The molecule has 7 heteroatoms. The molecule has 31 heavy (non-hydrogen) atoms. The predicted octanol–water partition coefficient (Wildman–Crippen LogP) is 5.50. The van der Waals surface area contributed by atoms with Gasteiger partial charge in [-0.25, -0.2) is 0 Å². The minimum Gasteiger partial charge on any atom is -0.497 e. The van der Waals surface area contributed by atoms with Crippen LogP contribution in [0, 0.1) is 0 Å². The minimum absolute atomic E-state index is 0.0589. The minimum atomic E-state index is -0.430. The molecule has 1 aromatic heterocycles. The van der Waals surface area contributed by atoms with Crippen LogP contribution in [-0.4, -0.2) is 13.1 Å². The second-order valence-electron chi connectivity index (χ2n) is 6.62. The number of carbonyl (C=O) groups excluding carboxylic acids is 1. The lowest BCUT2D eigenvalue weighted by Gasteiger charge is -2.08. The van der Waals surface area contributed by atoms with Crippen molar-refractivity contribution in [1.82, 2.24) is 0 Å². The number of methoxy groups -OCH3 is 1. The van der Waals surface area contributed by atoms with E-state index in [1.54, 1.807) is 55.6 Å². The van der Waals surface area contributed by atoms with Crippen molar-refractivity contribution in [1.29, 1.82) is 0 Å². The molecule has 0 radical (unpaired) electrons. The maximum atomic E-state index is 12.8. The molecule has 0 spiro atoms. The number of fused-ring (bicyclic) bond motifs is 1. The molecular weight excluding hydrogens is 464 g/mol. The molecule has 156 valence electrons. The molecule has 3 aromatic carbocycles. The number of benzene rings is 3. The van der Waals surface area contributed by atoms with Crippen LogP contribution in [0.1, 0.15) is 5.56 Å². The zero-order valence-corrected chi connectivity index (χ0v) is 18.0. The first-order valence-corrected chi connectivity index (χ1v) is 10.1. The van der Waals surface area contributed by atoms with E-state index < -0.39 is 5.97 Å². The van der Waals surface area contributed by atoms with Crippen molar-refractivity contribution < 1.29 is 23.4 Å². The van der Waals surface area contributed by atoms with Gasteiger partial charge in [-0.1, -0.05) is 24.3 Å². The van der Waals surface area contributed by atoms with Crippen molar-refractivity contribution in [3.63, 3.8) is 0 Å². The molecule has 0 fully saturated rings. The average Bonchev–Trinajstić information content (AvgIpc) is 2.77. The number of esters is 1. The summed E-state index contributed by atoms with van der Waals surface area (Å²) in [5, 5.41) is 0.319. The number of hydrogen-bond donors (Lipinski definition) is 0. The Balaban J connectivity index is 1.51. The molecule has 0 saturated heterocycles. The van der Waals surface area contributed by atoms with Gasteiger partial charge in [-0.15, -0.1) is 0 Å². The molecule has 0 aliphatic rings. The Kier molecular flexibility index (Phi) is 6.04. The van der Waals surface area contributed by atoms with Crippen LogP contribution in [0.3, 0.4) is 0 Å². The van der Waals surface area contributed by atoms with E-state index in [9.17, 15) is 9.59 Å². The Morgan fingerprint density at radius 2 is 1.71 bits per heavy atom. The number of ether oxygens (including phenoxy) is 3. The van der Waals surface area contributed by atoms with Crippen LogP contribution in [0.15, 0.2) is 86.7 Å². The zero-order valence-electron chi connectivity index (χ0n) is 16.5. The first-order valence-electron chi connectivity index (χ1n) is 9.35. The fourth-order valence-electron chi connectivity index (χ4n) is 2.95. The summed E-state index contributed by atoms with van der Waals surface area (Å²) in [7, 11) is 1.58. The molecule has 0 aliphatic heterocycles. The lowest BCUT2D eigenvalue weighted by Crippen LogP contribution is -2.11. The third-order valence-electron chi connectivity index (χ3n) is 4.51. The first-order chi connectivity index (χ1) is 15.0.